The molecular weight excluding hydrogens is 355 g/mol. The lowest BCUT2D eigenvalue weighted by molar-refractivity contribution is -0.120. The molecule has 5 nitrogen and oxygen atoms in total. The highest BCUT2D eigenvalue weighted by molar-refractivity contribution is 6.28. The molecule has 0 radical (unpaired) electrons. The number of anilines is 2. The Hall–Kier alpha value is -2.21. The second-order valence-corrected chi connectivity index (χ2v) is 7.76. The zero-order valence-corrected chi connectivity index (χ0v) is 15.5. The fourth-order valence-corrected chi connectivity index (χ4v) is 3.64. The molecule has 0 unspecified atom stereocenters. The van der Waals surface area contributed by atoms with Crippen molar-refractivity contribution in [2.75, 3.05) is 16.8 Å². The number of nitrogens with zero attached hydrogens (tertiary/aromatic N) is 3. The minimum atomic E-state index is -0.457. The van der Waals surface area contributed by atoms with Crippen LogP contribution in [0.15, 0.2) is 24.4 Å². The molecule has 26 heavy (non-hydrogen) atoms. The standard InChI is InChI=1S/C19H20ClFN4O/c1-11(2)8-22-16-12(9-23-18(20)24-16)10-25-15-7-13(21)3-4-14(15)19(5-6-19)17(25)26/h3-4,7,9,11H,5-6,8,10H2,1-2H3,(H,22,23,24). The minimum absolute atomic E-state index is 0.0304. The Bertz CT molecular complexity index is 882. The molecule has 1 amide bonds. The SMILES string of the molecule is CC(C)CNc1nc(Cl)ncc1CN1C(=O)C2(CC2)c2ccc(F)cc21. The second-order valence-electron chi connectivity index (χ2n) is 7.42. The fraction of sp³-hybridized carbons (Fsp3) is 0.421. The smallest absolute Gasteiger partial charge is 0.238 e. The third-order valence-electron chi connectivity index (χ3n) is 5.01. The maximum absolute atomic E-state index is 13.8. The summed E-state index contributed by atoms with van der Waals surface area (Å²) in [6.07, 6.45) is 3.26. The minimum Gasteiger partial charge on any atom is -0.369 e. The Morgan fingerprint density at radius 1 is 1.38 bits per heavy atom. The van der Waals surface area contributed by atoms with E-state index in [-0.39, 0.29) is 23.6 Å². The van der Waals surface area contributed by atoms with E-state index in [1.165, 1.54) is 12.1 Å². The molecule has 7 heteroatoms. The summed E-state index contributed by atoms with van der Waals surface area (Å²) in [5.74, 6) is 0.725. The number of halogens is 2. The topological polar surface area (TPSA) is 58.1 Å². The molecule has 1 saturated carbocycles. The molecule has 2 aromatic rings. The van der Waals surface area contributed by atoms with Gasteiger partial charge in [0.05, 0.1) is 17.6 Å². The molecule has 1 N–H and O–H groups in total. The van der Waals surface area contributed by atoms with Gasteiger partial charge in [-0.3, -0.25) is 4.79 Å². The van der Waals surface area contributed by atoms with Crippen LogP contribution < -0.4 is 10.2 Å². The van der Waals surface area contributed by atoms with Gasteiger partial charge in [0, 0.05) is 18.3 Å². The van der Waals surface area contributed by atoms with E-state index >= 15 is 0 Å². The van der Waals surface area contributed by atoms with Crippen molar-refractivity contribution >= 4 is 29.0 Å². The number of hydrogen-bond donors (Lipinski definition) is 1. The molecule has 1 spiro atoms. The van der Waals surface area contributed by atoms with E-state index in [1.54, 1.807) is 17.2 Å². The van der Waals surface area contributed by atoms with E-state index in [4.69, 9.17) is 11.6 Å². The van der Waals surface area contributed by atoms with Gasteiger partial charge in [-0.05, 0) is 48.1 Å². The van der Waals surface area contributed by atoms with Crippen LogP contribution in [0.2, 0.25) is 5.28 Å². The maximum Gasteiger partial charge on any atom is 0.238 e. The number of carbonyl (C=O) groups excluding carboxylic acids is 1. The fourth-order valence-electron chi connectivity index (χ4n) is 3.51. The predicted octanol–water partition coefficient (Wildman–Crippen LogP) is 3.92. The first-order valence-corrected chi connectivity index (χ1v) is 9.16. The quantitative estimate of drug-likeness (QED) is 0.806. The molecule has 1 fully saturated rings. The second kappa shape index (κ2) is 6.20. The predicted molar refractivity (Wildman–Crippen MR) is 98.9 cm³/mol. The van der Waals surface area contributed by atoms with E-state index < -0.39 is 5.41 Å². The summed E-state index contributed by atoms with van der Waals surface area (Å²) < 4.78 is 13.8. The van der Waals surface area contributed by atoms with Crippen molar-refractivity contribution in [3.8, 4) is 0 Å². The van der Waals surface area contributed by atoms with Crippen LogP contribution in [0.3, 0.4) is 0 Å². The first kappa shape index (κ1) is 17.2. The summed E-state index contributed by atoms with van der Waals surface area (Å²) in [5, 5.41) is 3.42. The number of carbonyl (C=O) groups is 1. The van der Waals surface area contributed by atoms with Gasteiger partial charge in [-0.25, -0.2) is 14.4 Å². The van der Waals surface area contributed by atoms with Crippen molar-refractivity contribution in [1.29, 1.82) is 0 Å². The molecule has 136 valence electrons. The van der Waals surface area contributed by atoms with Crippen LogP contribution in [-0.4, -0.2) is 22.4 Å². The van der Waals surface area contributed by atoms with Crippen LogP contribution in [0.5, 0.6) is 0 Å². The molecule has 0 saturated heterocycles. The molecule has 2 aliphatic rings. The molecule has 0 bridgehead atoms. The van der Waals surface area contributed by atoms with Gasteiger partial charge in [-0.1, -0.05) is 19.9 Å². The molecule has 1 aliphatic carbocycles. The molecular formula is C19H20ClFN4O. The first-order chi connectivity index (χ1) is 12.4. The van der Waals surface area contributed by atoms with Gasteiger partial charge in [0.25, 0.3) is 0 Å². The van der Waals surface area contributed by atoms with Gasteiger partial charge >= 0.3 is 0 Å². The van der Waals surface area contributed by atoms with Crippen molar-refractivity contribution in [3.05, 3.63) is 46.6 Å². The number of hydrogen-bond acceptors (Lipinski definition) is 4. The average Bonchev–Trinajstić information content (AvgIpc) is 3.36. The van der Waals surface area contributed by atoms with Crippen LogP contribution in [-0.2, 0) is 16.8 Å². The third-order valence-corrected chi connectivity index (χ3v) is 5.19. The van der Waals surface area contributed by atoms with Gasteiger partial charge in [-0.2, -0.15) is 0 Å². The molecule has 1 aliphatic heterocycles. The summed E-state index contributed by atoms with van der Waals surface area (Å²) in [4.78, 5) is 23.0. The number of amides is 1. The Morgan fingerprint density at radius 3 is 2.85 bits per heavy atom. The van der Waals surface area contributed by atoms with Crippen molar-refractivity contribution in [2.24, 2.45) is 5.92 Å². The van der Waals surface area contributed by atoms with Crippen molar-refractivity contribution in [3.63, 3.8) is 0 Å². The van der Waals surface area contributed by atoms with Gasteiger partial charge in [0.1, 0.15) is 11.6 Å². The summed E-state index contributed by atoms with van der Waals surface area (Å²) in [6, 6.07) is 4.61. The number of fused-ring (bicyclic) bond motifs is 2. The normalized spacial score (nSPS) is 17.1. The summed E-state index contributed by atoms with van der Waals surface area (Å²) in [5.41, 5.74) is 1.88. The number of nitrogens with one attached hydrogen (secondary N) is 1. The number of benzene rings is 1. The highest BCUT2D eigenvalue weighted by Gasteiger charge is 2.59. The van der Waals surface area contributed by atoms with E-state index in [0.717, 1.165) is 30.5 Å². The van der Waals surface area contributed by atoms with E-state index in [2.05, 4.69) is 29.1 Å². The zero-order valence-electron chi connectivity index (χ0n) is 14.7. The molecule has 1 aromatic heterocycles. The molecule has 1 aromatic carbocycles. The number of aromatic nitrogens is 2. The summed E-state index contributed by atoms with van der Waals surface area (Å²) in [7, 11) is 0. The Kier molecular flexibility index (Phi) is 4.10. The van der Waals surface area contributed by atoms with Gasteiger partial charge in [-0.15, -0.1) is 0 Å². The largest absolute Gasteiger partial charge is 0.369 e. The summed E-state index contributed by atoms with van der Waals surface area (Å²) >= 11 is 5.94. The van der Waals surface area contributed by atoms with Crippen molar-refractivity contribution < 1.29 is 9.18 Å². The first-order valence-electron chi connectivity index (χ1n) is 8.78. The van der Waals surface area contributed by atoms with Gasteiger partial charge in [0.2, 0.25) is 11.2 Å². The van der Waals surface area contributed by atoms with Crippen LogP contribution in [0.25, 0.3) is 0 Å². The lowest BCUT2D eigenvalue weighted by Gasteiger charge is -2.20. The van der Waals surface area contributed by atoms with Crippen LogP contribution in [0.4, 0.5) is 15.9 Å². The third kappa shape index (κ3) is 2.82. The van der Waals surface area contributed by atoms with Crippen LogP contribution >= 0.6 is 11.6 Å². The van der Waals surface area contributed by atoms with Crippen LogP contribution in [0.1, 0.15) is 37.8 Å². The maximum atomic E-state index is 13.8. The molecule has 2 heterocycles. The number of rotatable bonds is 5. The average molecular weight is 375 g/mol. The highest BCUT2D eigenvalue weighted by atomic mass is 35.5. The van der Waals surface area contributed by atoms with Crippen LogP contribution in [0, 0.1) is 11.7 Å². The van der Waals surface area contributed by atoms with E-state index in [9.17, 15) is 9.18 Å². The van der Waals surface area contributed by atoms with E-state index in [1.807, 2.05) is 0 Å². The monoisotopic (exact) mass is 374 g/mol. The lowest BCUT2D eigenvalue weighted by Crippen LogP contribution is -2.32. The van der Waals surface area contributed by atoms with Crippen molar-refractivity contribution in [1.82, 2.24) is 9.97 Å². The zero-order chi connectivity index (χ0) is 18.5. The molecule has 0 atom stereocenters. The molecule has 4 rings (SSSR count). The Labute approximate surface area is 156 Å². The van der Waals surface area contributed by atoms with Crippen molar-refractivity contribution in [2.45, 2.75) is 38.6 Å². The van der Waals surface area contributed by atoms with E-state index in [0.29, 0.717) is 17.4 Å². The Morgan fingerprint density at radius 2 is 2.15 bits per heavy atom. The Balaban J connectivity index is 1.68. The lowest BCUT2D eigenvalue weighted by atomic mass is 9.98. The highest BCUT2D eigenvalue weighted by Crippen LogP contribution is 2.57. The summed E-state index contributed by atoms with van der Waals surface area (Å²) in [6.45, 7) is 5.20. The van der Waals surface area contributed by atoms with Gasteiger partial charge in [0.15, 0.2) is 0 Å². The van der Waals surface area contributed by atoms with Gasteiger partial charge < -0.3 is 10.2 Å².